The summed E-state index contributed by atoms with van der Waals surface area (Å²) in [5.41, 5.74) is 0.583. The normalized spacial score (nSPS) is 18.3. The van der Waals surface area contributed by atoms with Crippen LogP contribution in [0.25, 0.3) is 0 Å². The van der Waals surface area contributed by atoms with Gasteiger partial charge in [0.05, 0.1) is 6.04 Å². The Kier molecular flexibility index (Phi) is 8.35. The standard InChI is InChI=1S/C23H36N2O4/c1-16(24-21(26)27)20(25-22(28)29-23(2,3)4)19(18-13-9-6-10-14-18)15-17-11-7-5-8-12-17/h5,7-8,11-12,16,18-20,24H,6,9-10,13-15H2,1-4H3,(H,25,28)(H,26,27)/t16-,19?,20-/m0/s1. The first-order valence-corrected chi connectivity index (χ1v) is 10.7. The van der Waals surface area contributed by atoms with Gasteiger partial charge in [-0.05, 0) is 51.5 Å². The van der Waals surface area contributed by atoms with Crippen LogP contribution in [0.3, 0.4) is 0 Å². The fourth-order valence-corrected chi connectivity index (χ4v) is 4.37. The van der Waals surface area contributed by atoms with E-state index in [-0.39, 0.29) is 12.0 Å². The molecule has 0 radical (unpaired) electrons. The second kappa shape index (κ2) is 10.5. The van der Waals surface area contributed by atoms with Gasteiger partial charge in [-0.1, -0.05) is 62.4 Å². The summed E-state index contributed by atoms with van der Waals surface area (Å²) in [4.78, 5) is 23.9. The lowest BCUT2D eigenvalue weighted by atomic mass is 9.72. The molecule has 29 heavy (non-hydrogen) atoms. The molecule has 1 aliphatic carbocycles. The number of benzene rings is 1. The van der Waals surface area contributed by atoms with Crippen molar-refractivity contribution >= 4 is 12.2 Å². The van der Waals surface area contributed by atoms with Crippen LogP contribution in [0.4, 0.5) is 9.59 Å². The average molecular weight is 405 g/mol. The van der Waals surface area contributed by atoms with Crippen molar-refractivity contribution in [2.45, 2.75) is 83.9 Å². The molecule has 2 amide bonds. The van der Waals surface area contributed by atoms with Crippen molar-refractivity contribution < 1.29 is 19.4 Å². The minimum absolute atomic E-state index is 0.118. The summed E-state index contributed by atoms with van der Waals surface area (Å²) >= 11 is 0. The number of alkyl carbamates (subject to hydrolysis) is 1. The van der Waals surface area contributed by atoms with E-state index >= 15 is 0 Å². The van der Waals surface area contributed by atoms with Crippen LogP contribution in [-0.4, -0.2) is 35.0 Å². The molecule has 1 aromatic rings. The van der Waals surface area contributed by atoms with Crippen LogP contribution in [0.1, 0.15) is 65.4 Å². The number of carbonyl (C=O) groups excluding carboxylic acids is 1. The van der Waals surface area contributed by atoms with E-state index in [4.69, 9.17) is 4.74 Å². The van der Waals surface area contributed by atoms with E-state index in [9.17, 15) is 14.7 Å². The monoisotopic (exact) mass is 404 g/mol. The zero-order valence-corrected chi connectivity index (χ0v) is 18.1. The van der Waals surface area contributed by atoms with Crippen LogP contribution in [0, 0.1) is 11.8 Å². The van der Waals surface area contributed by atoms with Gasteiger partial charge in [-0.15, -0.1) is 0 Å². The number of carboxylic acid groups (broad SMARTS) is 1. The number of carbonyl (C=O) groups is 2. The predicted molar refractivity (Wildman–Crippen MR) is 114 cm³/mol. The topological polar surface area (TPSA) is 87.7 Å². The fraction of sp³-hybridized carbons (Fsp3) is 0.652. The van der Waals surface area contributed by atoms with Crippen molar-refractivity contribution in [3.63, 3.8) is 0 Å². The third-order valence-electron chi connectivity index (χ3n) is 5.60. The number of amides is 2. The van der Waals surface area contributed by atoms with Crippen LogP contribution in [0.2, 0.25) is 0 Å². The van der Waals surface area contributed by atoms with Crippen molar-refractivity contribution in [2.75, 3.05) is 0 Å². The first kappa shape index (κ1) is 23.0. The Morgan fingerprint density at radius 2 is 1.72 bits per heavy atom. The maximum Gasteiger partial charge on any atom is 0.407 e. The van der Waals surface area contributed by atoms with Gasteiger partial charge in [-0.3, -0.25) is 0 Å². The van der Waals surface area contributed by atoms with E-state index in [1.54, 1.807) is 0 Å². The minimum atomic E-state index is -1.09. The van der Waals surface area contributed by atoms with Crippen LogP contribution >= 0.6 is 0 Å². The second-order valence-corrected chi connectivity index (χ2v) is 9.16. The smallest absolute Gasteiger partial charge is 0.407 e. The van der Waals surface area contributed by atoms with Crippen molar-refractivity contribution in [3.05, 3.63) is 35.9 Å². The van der Waals surface area contributed by atoms with E-state index in [2.05, 4.69) is 22.8 Å². The fourth-order valence-electron chi connectivity index (χ4n) is 4.37. The van der Waals surface area contributed by atoms with Gasteiger partial charge in [0.15, 0.2) is 0 Å². The van der Waals surface area contributed by atoms with Crippen LogP contribution < -0.4 is 10.6 Å². The van der Waals surface area contributed by atoms with E-state index in [0.29, 0.717) is 5.92 Å². The molecule has 6 heteroatoms. The molecule has 1 fully saturated rings. The molecule has 0 aliphatic heterocycles. The maximum absolute atomic E-state index is 12.6. The minimum Gasteiger partial charge on any atom is -0.465 e. The summed E-state index contributed by atoms with van der Waals surface area (Å²) in [5.74, 6) is 0.550. The average Bonchev–Trinajstić information content (AvgIpc) is 2.64. The molecule has 2 rings (SSSR count). The predicted octanol–water partition coefficient (Wildman–Crippen LogP) is 4.98. The summed E-state index contributed by atoms with van der Waals surface area (Å²) in [7, 11) is 0. The molecule has 0 spiro atoms. The Labute approximate surface area is 174 Å². The molecule has 162 valence electrons. The Bertz CT molecular complexity index is 651. The van der Waals surface area contributed by atoms with Gasteiger partial charge in [-0.25, -0.2) is 9.59 Å². The number of ether oxygens (including phenoxy) is 1. The van der Waals surface area contributed by atoms with E-state index in [1.165, 1.54) is 24.8 Å². The van der Waals surface area contributed by atoms with E-state index < -0.39 is 23.8 Å². The molecule has 0 aromatic heterocycles. The van der Waals surface area contributed by atoms with E-state index in [0.717, 1.165) is 19.3 Å². The lowest BCUT2D eigenvalue weighted by molar-refractivity contribution is 0.0441. The number of hydrogen-bond donors (Lipinski definition) is 3. The molecule has 1 saturated carbocycles. The first-order chi connectivity index (χ1) is 13.7. The Balaban J connectivity index is 2.29. The summed E-state index contributed by atoms with van der Waals surface area (Å²) < 4.78 is 5.49. The Morgan fingerprint density at radius 3 is 2.28 bits per heavy atom. The molecule has 1 aliphatic rings. The first-order valence-electron chi connectivity index (χ1n) is 10.7. The molecule has 6 nitrogen and oxygen atoms in total. The lowest BCUT2D eigenvalue weighted by Crippen LogP contribution is -2.56. The Hall–Kier alpha value is -2.24. The molecular formula is C23H36N2O4. The highest BCUT2D eigenvalue weighted by molar-refractivity contribution is 5.69. The highest BCUT2D eigenvalue weighted by Crippen LogP contribution is 2.35. The van der Waals surface area contributed by atoms with E-state index in [1.807, 2.05) is 45.9 Å². The van der Waals surface area contributed by atoms with Crippen LogP contribution in [0.5, 0.6) is 0 Å². The number of nitrogens with one attached hydrogen (secondary N) is 2. The molecule has 0 bridgehead atoms. The van der Waals surface area contributed by atoms with Gasteiger partial charge in [0.25, 0.3) is 0 Å². The molecule has 1 aromatic carbocycles. The third kappa shape index (κ3) is 7.95. The second-order valence-electron chi connectivity index (χ2n) is 9.16. The Morgan fingerprint density at radius 1 is 1.10 bits per heavy atom. The summed E-state index contributed by atoms with van der Waals surface area (Å²) in [5, 5.41) is 14.9. The van der Waals surface area contributed by atoms with Gasteiger partial charge in [0, 0.05) is 6.04 Å². The largest absolute Gasteiger partial charge is 0.465 e. The highest BCUT2D eigenvalue weighted by Gasteiger charge is 2.36. The third-order valence-corrected chi connectivity index (χ3v) is 5.60. The molecule has 3 N–H and O–H groups in total. The van der Waals surface area contributed by atoms with Crippen molar-refractivity contribution in [1.82, 2.24) is 10.6 Å². The molecule has 1 unspecified atom stereocenters. The molecular weight excluding hydrogens is 368 g/mol. The van der Waals surface area contributed by atoms with Gasteiger partial charge in [0.1, 0.15) is 5.60 Å². The zero-order valence-electron chi connectivity index (χ0n) is 18.1. The highest BCUT2D eigenvalue weighted by atomic mass is 16.6. The number of hydrogen-bond acceptors (Lipinski definition) is 3. The van der Waals surface area contributed by atoms with Gasteiger partial charge >= 0.3 is 12.2 Å². The SMILES string of the molecule is C[C@H](NC(=O)O)[C@H](NC(=O)OC(C)(C)C)C(Cc1ccccc1)C1CCCCC1. The van der Waals surface area contributed by atoms with Gasteiger partial charge in [0.2, 0.25) is 0 Å². The van der Waals surface area contributed by atoms with Crippen LogP contribution in [-0.2, 0) is 11.2 Å². The van der Waals surface area contributed by atoms with Gasteiger partial charge in [-0.2, -0.15) is 0 Å². The van der Waals surface area contributed by atoms with Crippen molar-refractivity contribution in [3.8, 4) is 0 Å². The quantitative estimate of drug-likeness (QED) is 0.598. The zero-order chi connectivity index (χ0) is 21.4. The summed E-state index contributed by atoms with van der Waals surface area (Å²) in [6.07, 6.45) is 4.99. The summed E-state index contributed by atoms with van der Waals surface area (Å²) in [6, 6.07) is 9.42. The molecule has 3 atom stereocenters. The summed E-state index contributed by atoms with van der Waals surface area (Å²) in [6.45, 7) is 7.28. The molecule has 0 heterocycles. The van der Waals surface area contributed by atoms with Crippen LogP contribution in [0.15, 0.2) is 30.3 Å². The lowest BCUT2D eigenvalue weighted by Gasteiger charge is -2.39. The number of rotatable bonds is 7. The van der Waals surface area contributed by atoms with Crippen molar-refractivity contribution in [1.29, 1.82) is 0 Å². The van der Waals surface area contributed by atoms with Gasteiger partial charge < -0.3 is 20.5 Å². The van der Waals surface area contributed by atoms with Crippen molar-refractivity contribution in [2.24, 2.45) is 11.8 Å². The maximum atomic E-state index is 12.6. The molecule has 0 saturated heterocycles.